The molecule has 0 aliphatic rings. The van der Waals surface area contributed by atoms with E-state index < -0.39 is 0 Å². The monoisotopic (exact) mass is 324 g/mol. The van der Waals surface area contributed by atoms with Gasteiger partial charge < -0.3 is 4.52 Å². The van der Waals surface area contributed by atoms with Crippen LogP contribution in [-0.4, -0.2) is 19.9 Å². The lowest BCUT2D eigenvalue weighted by atomic mass is 9.85. The number of benzene rings is 1. The summed E-state index contributed by atoms with van der Waals surface area (Å²) in [6, 6.07) is 8.50. The van der Waals surface area contributed by atoms with Crippen molar-refractivity contribution in [2.45, 2.75) is 40.0 Å². The Morgan fingerprint density at radius 3 is 2.62 bits per heavy atom. The van der Waals surface area contributed by atoms with Gasteiger partial charge in [0.2, 0.25) is 5.89 Å². The van der Waals surface area contributed by atoms with Gasteiger partial charge in [-0.3, -0.25) is 4.68 Å². The molecular weight excluding hydrogens is 300 g/mol. The first-order valence-corrected chi connectivity index (χ1v) is 8.32. The molecule has 3 aromatic rings. The van der Waals surface area contributed by atoms with Crippen LogP contribution < -0.4 is 0 Å². The third-order valence-electron chi connectivity index (χ3n) is 4.45. The molecule has 0 saturated carbocycles. The Bertz CT molecular complexity index is 832. The van der Waals surface area contributed by atoms with E-state index in [0.29, 0.717) is 24.1 Å². The van der Waals surface area contributed by atoms with Gasteiger partial charge in [-0.2, -0.15) is 10.1 Å². The molecule has 0 N–H and O–H groups in total. The highest BCUT2D eigenvalue weighted by Gasteiger charge is 2.26. The minimum atomic E-state index is 0.109. The van der Waals surface area contributed by atoms with Crippen LogP contribution >= 0.6 is 0 Å². The molecule has 126 valence electrons. The summed E-state index contributed by atoms with van der Waals surface area (Å²) >= 11 is 0. The average molecular weight is 324 g/mol. The molecule has 5 heteroatoms. The highest BCUT2D eigenvalue weighted by Crippen LogP contribution is 2.33. The van der Waals surface area contributed by atoms with E-state index in [1.807, 2.05) is 17.8 Å². The lowest BCUT2D eigenvalue weighted by Gasteiger charge is -2.20. The van der Waals surface area contributed by atoms with Gasteiger partial charge in [-0.1, -0.05) is 42.8 Å². The maximum absolute atomic E-state index is 5.64. The van der Waals surface area contributed by atoms with Crippen molar-refractivity contribution in [2.24, 2.45) is 13.0 Å². The smallest absolute Gasteiger partial charge is 0.234 e. The number of nitrogens with zero attached hydrogens (tertiary/aromatic N) is 4. The van der Waals surface area contributed by atoms with Gasteiger partial charge in [-0.05, 0) is 37.0 Å². The van der Waals surface area contributed by atoms with Crippen molar-refractivity contribution in [3.05, 3.63) is 64.6 Å². The quantitative estimate of drug-likeness (QED) is 0.716. The molecule has 0 amide bonds. The lowest BCUT2D eigenvalue weighted by molar-refractivity contribution is 0.338. The fraction of sp³-hybridized carbons (Fsp3) is 0.421. The fourth-order valence-corrected chi connectivity index (χ4v) is 3.07. The van der Waals surface area contributed by atoms with Crippen molar-refractivity contribution >= 4 is 0 Å². The Kier molecular flexibility index (Phi) is 4.51. The van der Waals surface area contributed by atoms with Crippen LogP contribution in [0.5, 0.6) is 0 Å². The first-order valence-electron chi connectivity index (χ1n) is 8.32. The van der Waals surface area contributed by atoms with Crippen LogP contribution in [0, 0.1) is 19.8 Å². The van der Waals surface area contributed by atoms with Crippen molar-refractivity contribution in [3.63, 3.8) is 0 Å². The van der Waals surface area contributed by atoms with Crippen LogP contribution in [0.2, 0.25) is 0 Å². The van der Waals surface area contributed by atoms with Gasteiger partial charge >= 0.3 is 0 Å². The Morgan fingerprint density at radius 2 is 1.96 bits per heavy atom. The zero-order valence-corrected chi connectivity index (χ0v) is 14.9. The Morgan fingerprint density at radius 1 is 1.17 bits per heavy atom. The molecule has 0 aliphatic carbocycles. The Labute approximate surface area is 142 Å². The number of hydrogen-bond acceptors (Lipinski definition) is 4. The molecule has 5 nitrogen and oxygen atoms in total. The van der Waals surface area contributed by atoms with E-state index in [2.05, 4.69) is 61.1 Å². The molecule has 0 saturated heterocycles. The van der Waals surface area contributed by atoms with Gasteiger partial charge in [-0.25, -0.2) is 0 Å². The fourth-order valence-electron chi connectivity index (χ4n) is 3.07. The molecule has 0 fully saturated rings. The number of hydrogen-bond donors (Lipinski definition) is 0. The van der Waals surface area contributed by atoms with Crippen LogP contribution in [0.1, 0.15) is 53.9 Å². The van der Waals surface area contributed by atoms with Gasteiger partial charge in [0.25, 0.3) is 0 Å². The normalized spacial score (nSPS) is 12.8. The van der Waals surface area contributed by atoms with E-state index in [1.54, 1.807) is 6.20 Å². The predicted octanol–water partition coefficient (Wildman–Crippen LogP) is 3.80. The molecule has 1 aromatic carbocycles. The second-order valence-corrected chi connectivity index (χ2v) is 6.75. The van der Waals surface area contributed by atoms with E-state index in [1.165, 1.54) is 16.7 Å². The molecule has 0 bridgehead atoms. The minimum absolute atomic E-state index is 0.109. The average Bonchev–Trinajstić information content (AvgIpc) is 3.13. The summed E-state index contributed by atoms with van der Waals surface area (Å²) < 4.78 is 7.47. The van der Waals surface area contributed by atoms with Crippen LogP contribution in [-0.2, 0) is 13.5 Å². The molecule has 1 unspecified atom stereocenters. The highest BCUT2D eigenvalue weighted by atomic mass is 16.5. The van der Waals surface area contributed by atoms with Gasteiger partial charge in [-0.15, -0.1) is 0 Å². The van der Waals surface area contributed by atoms with E-state index in [9.17, 15) is 0 Å². The highest BCUT2D eigenvalue weighted by molar-refractivity contribution is 5.36. The summed E-state index contributed by atoms with van der Waals surface area (Å²) in [6.45, 7) is 8.63. The van der Waals surface area contributed by atoms with E-state index in [-0.39, 0.29) is 5.92 Å². The number of aromatic nitrogens is 4. The number of aryl methyl sites for hydroxylation is 3. The van der Waals surface area contributed by atoms with E-state index >= 15 is 0 Å². The second-order valence-electron chi connectivity index (χ2n) is 6.75. The van der Waals surface area contributed by atoms with E-state index in [4.69, 9.17) is 4.52 Å². The first kappa shape index (κ1) is 16.4. The van der Waals surface area contributed by atoms with Gasteiger partial charge in [0.05, 0.1) is 12.3 Å². The number of rotatable bonds is 5. The topological polar surface area (TPSA) is 56.7 Å². The maximum atomic E-state index is 5.64. The summed E-state index contributed by atoms with van der Waals surface area (Å²) in [6.07, 6.45) is 2.40. The van der Waals surface area contributed by atoms with E-state index in [0.717, 1.165) is 5.69 Å². The Balaban J connectivity index is 1.93. The molecule has 2 heterocycles. The zero-order chi connectivity index (χ0) is 17.3. The zero-order valence-electron chi connectivity index (χ0n) is 14.9. The van der Waals surface area contributed by atoms with Crippen molar-refractivity contribution in [2.75, 3.05) is 0 Å². The molecule has 0 radical (unpaired) electrons. The molecule has 24 heavy (non-hydrogen) atoms. The third-order valence-corrected chi connectivity index (χ3v) is 4.45. The third kappa shape index (κ3) is 3.25. The lowest BCUT2D eigenvalue weighted by Crippen LogP contribution is -2.11. The van der Waals surface area contributed by atoms with Crippen molar-refractivity contribution < 1.29 is 4.52 Å². The van der Waals surface area contributed by atoms with Crippen LogP contribution in [0.15, 0.2) is 35.0 Å². The van der Waals surface area contributed by atoms with Crippen molar-refractivity contribution in [1.82, 2.24) is 19.9 Å². The second kappa shape index (κ2) is 6.59. The molecule has 2 aromatic heterocycles. The van der Waals surface area contributed by atoms with Crippen LogP contribution in [0.4, 0.5) is 0 Å². The molecular formula is C19H24N4O. The maximum Gasteiger partial charge on any atom is 0.234 e. The van der Waals surface area contributed by atoms with Crippen molar-refractivity contribution in [3.8, 4) is 0 Å². The molecule has 0 aliphatic heterocycles. The first-order chi connectivity index (χ1) is 11.5. The Hall–Kier alpha value is -2.43. The summed E-state index contributed by atoms with van der Waals surface area (Å²) in [4.78, 5) is 4.68. The molecule has 0 spiro atoms. The van der Waals surface area contributed by atoms with Gasteiger partial charge in [0.15, 0.2) is 5.82 Å². The van der Waals surface area contributed by atoms with Crippen LogP contribution in [0.25, 0.3) is 0 Å². The predicted molar refractivity (Wildman–Crippen MR) is 92.9 cm³/mol. The SMILES string of the molecule is Cc1ccc(C)c(C(c2nc(Cc3ccnn3C)no2)C(C)C)c1. The standard InChI is InChI=1S/C19H24N4O/c1-12(2)18(16-10-13(3)6-7-14(16)4)19-21-17(22-24-19)11-15-8-9-20-23(15)5/h6-10,12,18H,11H2,1-5H3. The van der Waals surface area contributed by atoms with Gasteiger partial charge in [0.1, 0.15) is 0 Å². The minimum Gasteiger partial charge on any atom is -0.339 e. The largest absolute Gasteiger partial charge is 0.339 e. The summed E-state index contributed by atoms with van der Waals surface area (Å²) in [5.74, 6) is 1.87. The molecule has 3 rings (SSSR count). The summed E-state index contributed by atoms with van der Waals surface area (Å²) in [5, 5.41) is 8.37. The summed E-state index contributed by atoms with van der Waals surface area (Å²) in [7, 11) is 1.92. The summed E-state index contributed by atoms with van der Waals surface area (Å²) in [5.41, 5.74) is 4.83. The molecule has 1 atom stereocenters. The van der Waals surface area contributed by atoms with Crippen LogP contribution in [0.3, 0.4) is 0 Å². The van der Waals surface area contributed by atoms with Gasteiger partial charge in [0, 0.05) is 18.9 Å². The van der Waals surface area contributed by atoms with Crippen molar-refractivity contribution in [1.29, 1.82) is 0 Å².